The molecule has 0 atom stereocenters. The van der Waals surface area contributed by atoms with Crippen LogP contribution in [0.1, 0.15) is 30.9 Å². The van der Waals surface area contributed by atoms with Crippen molar-refractivity contribution in [2.24, 2.45) is 0 Å². The van der Waals surface area contributed by atoms with Gasteiger partial charge in [0, 0.05) is 0 Å². The molecule has 0 spiro atoms. The van der Waals surface area contributed by atoms with Crippen LogP contribution >= 0.6 is 0 Å². The van der Waals surface area contributed by atoms with Gasteiger partial charge in [-0.05, 0) is 45.7 Å². The summed E-state index contributed by atoms with van der Waals surface area (Å²) in [5.41, 5.74) is 2.51. The Hall–Kier alpha value is -2.10. The third-order valence-electron chi connectivity index (χ3n) is 3.05. The summed E-state index contributed by atoms with van der Waals surface area (Å²) in [6.45, 7) is 7.33. The van der Waals surface area contributed by atoms with Crippen LogP contribution in [0.15, 0.2) is 33.3 Å². The molecule has 2 rings (SSSR count). The highest BCUT2D eigenvalue weighted by Gasteiger charge is 2.33. The van der Waals surface area contributed by atoms with Gasteiger partial charge < -0.3 is 9.15 Å². The highest BCUT2D eigenvalue weighted by molar-refractivity contribution is 6.18. The molecule has 1 aromatic heterocycles. The lowest BCUT2D eigenvalue weighted by Gasteiger charge is -1.97. The number of hydrogen-bond acceptors (Lipinski definition) is 4. The van der Waals surface area contributed by atoms with Crippen molar-refractivity contribution in [1.82, 2.24) is 0 Å². The predicted octanol–water partition coefficient (Wildman–Crippen LogP) is 2.79. The maximum Gasteiger partial charge on any atom is 0.346 e. The van der Waals surface area contributed by atoms with Crippen LogP contribution in [-0.4, -0.2) is 11.9 Å². The highest BCUT2D eigenvalue weighted by atomic mass is 16.6. The van der Waals surface area contributed by atoms with Gasteiger partial charge in [0.1, 0.15) is 11.5 Å². The van der Waals surface area contributed by atoms with E-state index in [9.17, 15) is 9.59 Å². The highest BCUT2D eigenvalue weighted by Crippen LogP contribution is 2.26. The van der Waals surface area contributed by atoms with E-state index in [-0.39, 0.29) is 0 Å². The monoisotopic (exact) mass is 260 g/mol. The lowest BCUT2D eigenvalue weighted by Crippen LogP contribution is -1.97. The van der Waals surface area contributed by atoms with Gasteiger partial charge in [0.15, 0.2) is 0 Å². The largest absolute Gasteiger partial charge is 0.466 e. The first-order valence-corrected chi connectivity index (χ1v) is 6.10. The standard InChI is InChI=1S/C15H16O4/c1-8(2)13-12(14(16)19-15(13)17)6-5-11-7-9(3)18-10(11)4/h6-7H,5H2,1-4H3. The molecule has 4 heteroatoms. The van der Waals surface area contributed by atoms with Gasteiger partial charge in [-0.3, -0.25) is 0 Å². The summed E-state index contributed by atoms with van der Waals surface area (Å²) in [6, 6.07) is 1.93. The molecule has 4 nitrogen and oxygen atoms in total. The van der Waals surface area contributed by atoms with Gasteiger partial charge in [0.2, 0.25) is 0 Å². The average Bonchev–Trinajstić information content (AvgIpc) is 2.75. The fraction of sp³-hybridized carbons (Fsp3) is 0.333. The summed E-state index contributed by atoms with van der Waals surface area (Å²) in [5.74, 6) is 0.527. The smallest absolute Gasteiger partial charge is 0.346 e. The molecule has 0 radical (unpaired) electrons. The Bertz CT molecular complexity index is 610. The summed E-state index contributed by atoms with van der Waals surface area (Å²) < 4.78 is 10.1. The van der Waals surface area contributed by atoms with E-state index in [2.05, 4.69) is 4.74 Å². The maximum atomic E-state index is 11.6. The molecule has 19 heavy (non-hydrogen) atoms. The van der Waals surface area contributed by atoms with E-state index < -0.39 is 11.9 Å². The summed E-state index contributed by atoms with van der Waals surface area (Å²) in [6.07, 6.45) is 2.27. The Morgan fingerprint density at radius 2 is 1.89 bits per heavy atom. The molecule has 0 N–H and O–H groups in total. The van der Waals surface area contributed by atoms with Crippen molar-refractivity contribution in [3.63, 3.8) is 0 Å². The van der Waals surface area contributed by atoms with Crippen LogP contribution in [-0.2, 0) is 20.7 Å². The minimum Gasteiger partial charge on any atom is -0.466 e. The summed E-state index contributed by atoms with van der Waals surface area (Å²) in [7, 11) is 0. The van der Waals surface area contributed by atoms with Crippen molar-refractivity contribution in [2.75, 3.05) is 0 Å². The van der Waals surface area contributed by atoms with Gasteiger partial charge in [0.05, 0.1) is 11.1 Å². The second-order valence-electron chi connectivity index (χ2n) is 4.81. The van der Waals surface area contributed by atoms with Crippen LogP contribution in [0.4, 0.5) is 0 Å². The molecular formula is C15H16O4. The number of cyclic esters (lactones) is 2. The molecule has 0 aromatic carbocycles. The Morgan fingerprint density at radius 3 is 2.42 bits per heavy atom. The van der Waals surface area contributed by atoms with Gasteiger partial charge in [-0.15, -0.1) is 0 Å². The van der Waals surface area contributed by atoms with Crippen molar-refractivity contribution >= 4 is 11.9 Å². The van der Waals surface area contributed by atoms with Gasteiger partial charge >= 0.3 is 11.9 Å². The van der Waals surface area contributed by atoms with Crippen molar-refractivity contribution in [3.05, 3.63) is 45.9 Å². The number of hydrogen-bond donors (Lipinski definition) is 0. The lowest BCUT2D eigenvalue weighted by molar-refractivity contribution is -0.149. The van der Waals surface area contributed by atoms with Crippen LogP contribution in [0.2, 0.25) is 0 Å². The van der Waals surface area contributed by atoms with E-state index in [1.807, 2.05) is 19.9 Å². The van der Waals surface area contributed by atoms with Gasteiger partial charge in [-0.1, -0.05) is 11.6 Å². The topological polar surface area (TPSA) is 56.5 Å². The molecule has 0 unspecified atom stereocenters. The summed E-state index contributed by atoms with van der Waals surface area (Å²) in [4.78, 5) is 23.2. The first kappa shape index (κ1) is 13.3. The van der Waals surface area contributed by atoms with E-state index >= 15 is 0 Å². The number of furan rings is 1. The number of allylic oxidation sites excluding steroid dienone is 2. The van der Waals surface area contributed by atoms with Gasteiger partial charge in [-0.2, -0.15) is 0 Å². The second-order valence-corrected chi connectivity index (χ2v) is 4.81. The van der Waals surface area contributed by atoms with E-state index in [0.29, 0.717) is 17.6 Å². The van der Waals surface area contributed by atoms with Crippen LogP contribution in [0.3, 0.4) is 0 Å². The molecule has 1 saturated heterocycles. The number of rotatable bonds is 2. The van der Waals surface area contributed by atoms with Crippen LogP contribution in [0, 0.1) is 13.8 Å². The molecule has 0 amide bonds. The number of carbonyl (C=O) groups is 2. The molecule has 100 valence electrons. The Morgan fingerprint density at radius 1 is 1.21 bits per heavy atom. The first-order chi connectivity index (χ1) is 8.90. The molecule has 1 fully saturated rings. The van der Waals surface area contributed by atoms with Gasteiger partial charge in [-0.25, -0.2) is 9.59 Å². The summed E-state index contributed by atoms with van der Waals surface area (Å²) in [5, 5.41) is 0. The third-order valence-corrected chi connectivity index (χ3v) is 3.05. The van der Waals surface area contributed by atoms with Crippen molar-refractivity contribution in [2.45, 2.75) is 34.1 Å². The zero-order chi connectivity index (χ0) is 14.2. The molecule has 1 aliphatic rings. The fourth-order valence-corrected chi connectivity index (χ4v) is 2.16. The van der Waals surface area contributed by atoms with Crippen LogP contribution < -0.4 is 0 Å². The quantitative estimate of drug-likeness (QED) is 0.466. The molecule has 0 aliphatic carbocycles. The van der Waals surface area contributed by atoms with Crippen molar-refractivity contribution in [3.8, 4) is 0 Å². The Balaban J connectivity index is 2.32. The molecule has 1 aliphatic heterocycles. The molecular weight excluding hydrogens is 244 g/mol. The molecule has 0 bridgehead atoms. The van der Waals surface area contributed by atoms with E-state index in [4.69, 9.17) is 4.42 Å². The van der Waals surface area contributed by atoms with E-state index in [1.165, 1.54) is 0 Å². The minimum absolute atomic E-state index is 0.350. The SMILES string of the molecule is CC(C)=C1C(=O)OC(=O)C1=CCc1cc(C)oc1C. The zero-order valence-electron chi connectivity index (χ0n) is 11.5. The number of ether oxygens (including phenoxy) is 1. The minimum atomic E-state index is -0.570. The lowest BCUT2D eigenvalue weighted by atomic mass is 10.0. The molecule has 0 saturated carbocycles. The Kier molecular flexibility index (Phi) is 3.42. The first-order valence-electron chi connectivity index (χ1n) is 6.10. The second kappa shape index (κ2) is 4.88. The van der Waals surface area contributed by atoms with E-state index in [0.717, 1.165) is 22.7 Å². The predicted molar refractivity (Wildman–Crippen MR) is 69.4 cm³/mol. The van der Waals surface area contributed by atoms with Crippen molar-refractivity contribution < 1.29 is 18.7 Å². The summed E-state index contributed by atoms with van der Waals surface area (Å²) >= 11 is 0. The Labute approximate surface area is 111 Å². The fourth-order valence-electron chi connectivity index (χ4n) is 2.16. The molecule has 2 heterocycles. The third kappa shape index (κ3) is 2.52. The maximum absolute atomic E-state index is 11.6. The number of carbonyl (C=O) groups excluding carboxylic acids is 2. The van der Waals surface area contributed by atoms with Crippen LogP contribution in [0.25, 0.3) is 0 Å². The van der Waals surface area contributed by atoms with E-state index in [1.54, 1.807) is 19.9 Å². The molecule has 1 aromatic rings. The number of aryl methyl sites for hydroxylation is 2. The zero-order valence-corrected chi connectivity index (χ0v) is 11.5. The van der Waals surface area contributed by atoms with Gasteiger partial charge in [0.25, 0.3) is 0 Å². The number of esters is 2. The van der Waals surface area contributed by atoms with Crippen molar-refractivity contribution in [1.29, 1.82) is 0 Å². The average molecular weight is 260 g/mol. The normalized spacial score (nSPS) is 17.3. The van der Waals surface area contributed by atoms with Crippen LogP contribution in [0.5, 0.6) is 0 Å².